The Labute approximate surface area is 109 Å². The number of carboxylic acids is 1. The van der Waals surface area contributed by atoms with Crippen molar-refractivity contribution >= 4 is 12.0 Å². The Bertz CT molecular complexity index is 306. The minimum Gasteiger partial charge on any atom is -0.481 e. The van der Waals surface area contributed by atoms with Gasteiger partial charge >= 0.3 is 12.0 Å². The highest BCUT2D eigenvalue weighted by molar-refractivity contribution is 5.76. The van der Waals surface area contributed by atoms with Crippen molar-refractivity contribution in [2.45, 2.75) is 53.5 Å². The van der Waals surface area contributed by atoms with Gasteiger partial charge in [-0.15, -0.1) is 0 Å². The number of carbonyl (C=O) groups excluding carboxylic acids is 1. The predicted molar refractivity (Wildman–Crippen MR) is 71.5 cm³/mol. The van der Waals surface area contributed by atoms with Crippen molar-refractivity contribution in [1.29, 1.82) is 0 Å². The molecule has 0 rings (SSSR count). The standard InChI is InChI=1S/C13H26N2O3/c1-9(12(2,3)4)8-14-11(18)15-13(5,6)7-10(16)17/h9H,7-8H2,1-6H3,(H,16,17)(H2,14,15,18). The summed E-state index contributed by atoms with van der Waals surface area (Å²) in [5, 5.41) is 14.2. The molecule has 0 saturated carbocycles. The van der Waals surface area contributed by atoms with Gasteiger partial charge in [0.1, 0.15) is 0 Å². The van der Waals surface area contributed by atoms with Crippen LogP contribution in [0.5, 0.6) is 0 Å². The van der Waals surface area contributed by atoms with Crippen molar-refractivity contribution in [2.24, 2.45) is 11.3 Å². The minimum absolute atomic E-state index is 0.102. The number of urea groups is 1. The quantitative estimate of drug-likeness (QED) is 0.707. The number of carbonyl (C=O) groups is 2. The van der Waals surface area contributed by atoms with Gasteiger partial charge in [-0.05, 0) is 25.2 Å². The van der Waals surface area contributed by atoms with E-state index in [9.17, 15) is 9.59 Å². The van der Waals surface area contributed by atoms with Crippen molar-refractivity contribution < 1.29 is 14.7 Å². The van der Waals surface area contributed by atoms with E-state index in [1.54, 1.807) is 13.8 Å². The third-order valence-electron chi connectivity index (χ3n) is 3.09. The molecule has 0 aromatic rings. The summed E-state index contributed by atoms with van der Waals surface area (Å²) in [4.78, 5) is 22.3. The Balaban J connectivity index is 4.16. The van der Waals surface area contributed by atoms with E-state index in [-0.39, 0.29) is 17.9 Å². The first-order valence-corrected chi connectivity index (χ1v) is 6.22. The molecule has 1 unspecified atom stereocenters. The maximum absolute atomic E-state index is 11.7. The van der Waals surface area contributed by atoms with Crippen LogP contribution in [0.1, 0.15) is 48.0 Å². The van der Waals surface area contributed by atoms with Gasteiger partial charge in [-0.1, -0.05) is 27.7 Å². The second-order valence-electron chi connectivity index (χ2n) is 6.56. The van der Waals surface area contributed by atoms with Gasteiger partial charge in [0.05, 0.1) is 6.42 Å². The second kappa shape index (κ2) is 6.07. The predicted octanol–water partition coefficient (Wildman–Crippen LogP) is 2.22. The highest BCUT2D eigenvalue weighted by Gasteiger charge is 2.25. The lowest BCUT2D eigenvalue weighted by molar-refractivity contribution is -0.138. The van der Waals surface area contributed by atoms with E-state index in [1.807, 2.05) is 0 Å². The molecular formula is C13H26N2O3. The Morgan fingerprint density at radius 3 is 2.06 bits per heavy atom. The number of nitrogens with one attached hydrogen (secondary N) is 2. The van der Waals surface area contributed by atoms with Crippen molar-refractivity contribution in [3.63, 3.8) is 0 Å². The highest BCUT2D eigenvalue weighted by Crippen LogP contribution is 2.24. The molecule has 2 amide bonds. The van der Waals surface area contributed by atoms with Crippen LogP contribution in [0.15, 0.2) is 0 Å². The fourth-order valence-electron chi connectivity index (χ4n) is 1.33. The van der Waals surface area contributed by atoms with Crippen LogP contribution in [0.25, 0.3) is 0 Å². The Kier molecular flexibility index (Phi) is 5.64. The maximum Gasteiger partial charge on any atom is 0.315 e. The summed E-state index contributed by atoms with van der Waals surface area (Å²) in [6.07, 6.45) is -0.102. The van der Waals surface area contributed by atoms with Gasteiger partial charge in [-0.3, -0.25) is 4.79 Å². The molecule has 0 aliphatic heterocycles. The largest absolute Gasteiger partial charge is 0.481 e. The number of amides is 2. The molecule has 0 aliphatic carbocycles. The summed E-state index contributed by atoms with van der Waals surface area (Å²) < 4.78 is 0. The van der Waals surface area contributed by atoms with Gasteiger partial charge in [-0.2, -0.15) is 0 Å². The van der Waals surface area contributed by atoms with Crippen LogP contribution in [0, 0.1) is 11.3 Å². The Morgan fingerprint density at radius 1 is 1.17 bits per heavy atom. The van der Waals surface area contributed by atoms with Gasteiger partial charge in [0.2, 0.25) is 0 Å². The smallest absolute Gasteiger partial charge is 0.315 e. The molecule has 3 N–H and O–H groups in total. The number of aliphatic carboxylic acids is 1. The van der Waals surface area contributed by atoms with E-state index in [4.69, 9.17) is 5.11 Å². The first kappa shape index (κ1) is 16.7. The lowest BCUT2D eigenvalue weighted by Gasteiger charge is -2.29. The average Bonchev–Trinajstić information content (AvgIpc) is 2.09. The van der Waals surface area contributed by atoms with Gasteiger partial charge in [-0.25, -0.2) is 4.79 Å². The van der Waals surface area contributed by atoms with Gasteiger partial charge in [0.25, 0.3) is 0 Å². The molecule has 18 heavy (non-hydrogen) atoms. The summed E-state index contributed by atoms with van der Waals surface area (Å²) in [5.74, 6) is -0.589. The summed E-state index contributed by atoms with van der Waals surface area (Å²) >= 11 is 0. The highest BCUT2D eigenvalue weighted by atomic mass is 16.4. The van der Waals surface area contributed by atoms with Crippen LogP contribution in [-0.2, 0) is 4.79 Å². The SMILES string of the molecule is CC(CNC(=O)NC(C)(C)CC(=O)O)C(C)(C)C. The monoisotopic (exact) mass is 258 g/mol. The third-order valence-corrected chi connectivity index (χ3v) is 3.09. The van der Waals surface area contributed by atoms with E-state index < -0.39 is 11.5 Å². The van der Waals surface area contributed by atoms with E-state index >= 15 is 0 Å². The molecule has 0 aromatic heterocycles. The molecule has 5 nitrogen and oxygen atoms in total. The molecule has 0 bridgehead atoms. The van der Waals surface area contributed by atoms with Gasteiger partial charge in [0, 0.05) is 12.1 Å². The van der Waals surface area contributed by atoms with Crippen LogP contribution < -0.4 is 10.6 Å². The molecule has 1 atom stereocenters. The molecule has 0 radical (unpaired) electrons. The average molecular weight is 258 g/mol. The fourth-order valence-corrected chi connectivity index (χ4v) is 1.33. The second-order valence-corrected chi connectivity index (χ2v) is 6.56. The van der Waals surface area contributed by atoms with E-state index in [2.05, 4.69) is 38.3 Å². The summed E-state index contributed by atoms with van der Waals surface area (Å²) in [6, 6.07) is -0.322. The van der Waals surface area contributed by atoms with Crippen molar-refractivity contribution in [3.05, 3.63) is 0 Å². The normalized spacial score (nSPS) is 13.9. The molecule has 0 aromatic carbocycles. The van der Waals surface area contributed by atoms with Gasteiger partial charge in [0.15, 0.2) is 0 Å². The number of carboxylic acid groups (broad SMARTS) is 1. The van der Waals surface area contributed by atoms with Crippen molar-refractivity contribution in [3.8, 4) is 0 Å². The van der Waals surface area contributed by atoms with Crippen molar-refractivity contribution in [2.75, 3.05) is 6.54 Å². The van der Waals surface area contributed by atoms with Crippen LogP contribution in [0.2, 0.25) is 0 Å². The minimum atomic E-state index is -0.927. The van der Waals surface area contributed by atoms with Crippen LogP contribution >= 0.6 is 0 Å². The lowest BCUT2D eigenvalue weighted by atomic mass is 9.82. The summed E-state index contributed by atoms with van der Waals surface area (Å²) in [5.41, 5.74) is -0.620. The summed E-state index contributed by atoms with van der Waals surface area (Å²) in [6.45, 7) is 12.4. The number of hydrogen-bond acceptors (Lipinski definition) is 2. The van der Waals surface area contributed by atoms with Crippen molar-refractivity contribution in [1.82, 2.24) is 10.6 Å². The van der Waals surface area contributed by atoms with Gasteiger partial charge < -0.3 is 15.7 Å². The molecular weight excluding hydrogens is 232 g/mol. The Hall–Kier alpha value is -1.26. The lowest BCUT2D eigenvalue weighted by Crippen LogP contribution is -2.50. The molecule has 0 heterocycles. The topological polar surface area (TPSA) is 78.4 Å². The fraction of sp³-hybridized carbons (Fsp3) is 0.846. The molecule has 0 saturated heterocycles. The first-order chi connectivity index (χ1) is 7.94. The zero-order valence-corrected chi connectivity index (χ0v) is 12.3. The molecule has 5 heteroatoms. The molecule has 106 valence electrons. The summed E-state index contributed by atoms with van der Waals surface area (Å²) in [7, 11) is 0. The van der Waals surface area contributed by atoms with Crippen LogP contribution in [0.3, 0.4) is 0 Å². The third kappa shape index (κ3) is 7.14. The zero-order chi connectivity index (χ0) is 14.6. The first-order valence-electron chi connectivity index (χ1n) is 6.22. The van der Waals surface area contributed by atoms with E-state index in [0.29, 0.717) is 12.5 Å². The molecule has 0 aliphatic rings. The van der Waals surface area contributed by atoms with E-state index in [0.717, 1.165) is 0 Å². The molecule has 0 fully saturated rings. The van der Waals surface area contributed by atoms with Crippen LogP contribution in [-0.4, -0.2) is 29.2 Å². The maximum atomic E-state index is 11.7. The number of hydrogen-bond donors (Lipinski definition) is 3. The van der Waals surface area contributed by atoms with E-state index in [1.165, 1.54) is 0 Å². The molecule has 0 spiro atoms. The zero-order valence-electron chi connectivity index (χ0n) is 12.3. The Morgan fingerprint density at radius 2 is 1.67 bits per heavy atom. The van der Waals surface area contributed by atoms with Crippen LogP contribution in [0.4, 0.5) is 4.79 Å². The number of rotatable bonds is 5.